The molecule has 0 bridgehead atoms. The van der Waals surface area contributed by atoms with E-state index in [4.69, 9.17) is 0 Å². The predicted molar refractivity (Wildman–Crippen MR) is 99.3 cm³/mol. The highest BCUT2D eigenvalue weighted by Crippen LogP contribution is 2.40. The summed E-state index contributed by atoms with van der Waals surface area (Å²) in [4.78, 5) is 3.62. The van der Waals surface area contributed by atoms with E-state index in [2.05, 4.69) is 79.0 Å². The van der Waals surface area contributed by atoms with Gasteiger partial charge >= 0.3 is 0 Å². The van der Waals surface area contributed by atoms with Gasteiger partial charge in [0.15, 0.2) is 0 Å². The second-order valence-electron chi connectivity index (χ2n) is 6.54. The summed E-state index contributed by atoms with van der Waals surface area (Å²) in [7, 11) is 2.17. The molecule has 23 heavy (non-hydrogen) atoms. The number of aromatic amines is 1. The molecule has 0 atom stereocenters. The molecule has 1 N–H and O–H groups in total. The number of rotatable bonds is 0. The lowest BCUT2D eigenvalue weighted by molar-refractivity contribution is 1.01. The number of hydrogen-bond donors (Lipinski definition) is 1. The van der Waals surface area contributed by atoms with Crippen LogP contribution >= 0.6 is 0 Å². The third-order valence-corrected chi connectivity index (χ3v) is 5.18. The molecule has 0 fully saturated rings. The highest BCUT2D eigenvalue weighted by molar-refractivity contribution is 6.28. The van der Waals surface area contributed by atoms with Gasteiger partial charge in [-0.3, -0.25) is 0 Å². The zero-order valence-corrected chi connectivity index (χ0v) is 13.6. The smallest absolute Gasteiger partial charge is 0.0502 e. The van der Waals surface area contributed by atoms with Gasteiger partial charge in [0, 0.05) is 45.1 Å². The number of aryl methyl sites for hydroxylation is 3. The third kappa shape index (κ3) is 1.48. The molecule has 5 rings (SSSR count). The van der Waals surface area contributed by atoms with Crippen LogP contribution in [0.15, 0.2) is 48.5 Å². The lowest BCUT2D eigenvalue weighted by Crippen LogP contribution is -1.87. The Morgan fingerprint density at radius 2 is 1.61 bits per heavy atom. The molecule has 0 aliphatic heterocycles. The summed E-state index contributed by atoms with van der Waals surface area (Å²) >= 11 is 0. The molecule has 112 valence electrons. The van der Waals surface area contributed by atoms with E-state index < -0.39 is 0 Å². The van der Waals surface area contributed by atoms with Gasteiger partial charge in [0.2, 0.25) is 0 Å². The summed E-state index contributed by atoms with van der Waals surface area (Å²) in [5, 5.41) is 5.42. The summed E-state index contributed by atoms with van der Waals surface area (Å²) in [6, 6.07) is 17.5. The Kier molecular flexibility index (Phi) is 2.31. The van der Waals surface area contributed by atoms with E-state index in [9.17, 15) is 0 Å². The van der Waals surface area contributed by atoms with Crippen molar-refractivity contribution in [1.82, 2.24) is 9.55 Å². The molecule has 0 aliphatic rings. The van der Waals surface area contributed by atoms with Crippen molar-refractivity contribution in [3.05, 3.63) is 59.7 Å². The number of nitrogens with one attached hydrogen (secondary N) is 1. The molecule has 0 radical (unpaired) electrons. The van der Waals surface area contributed by atoms with Gasteiger partial charge in [-0.2, -0.15) is 0 Å². The quantitative estimate of drug-likeness (QED) is 0.385. The van der Waals surface area contributed by atoms with Crippen LogP contribution in [0.2, 0.25) is 0 Å². The van der Waals surface area contributed by atoms with Crippen molar-refractivity contribution in [2.24, 2.45) is 7.05 Å². The second kappa shape index (κ2) is 4.17. The van der Waals surface area contributed by atoms with Crippen molar-refractivity contribution in [3.8, 4) is 0 Å². The number of nitrogens with zero attached hydrogens (tertiary/aromatic N) is 1. The molecule has 2 heterocycles. The Hall–Kier alpha value is -2.74. The predicted octanol–water partition coefficient (Wildman–Crippen LogP) is 5.58. The Morgan fingerprint density at radius 1 is 0.783 bits per heavy atom. The number of H-pyrrole nitrogens is 1. The molecular formula is C21H18N2. The standard InChI is InChI=1S/C21H18N2/c1-12-7-6-10-16-18(12)20-17(23(16)3)11-13(2)21-19(20)14-8-4-5-9-15(14)22-21/h4-11,22H,1-3H3. The fraction of sp³-hybridized carbons (Fsp3) is 0.143. The maximum atomic E-state index is 3.62. The van der Waals surface area contributed by atoms with Gasteiger partial charge in [0.25, 0.3) is 0 Å². The molecule has 2 nitrogen and oxygen atoms in total. The molecule has 2 aromatic heterocycles. The van der Waals surface area contributed by atoms with Crippen molar-refractivity contribution >= 4 is 43.6 Å². The minimum absolute atomic E-state index is 1.21. The number of aromatic nitrogens is 2. The van der Waals surface area contributed by atoms with Gasteiger partial charge in [-0.05, 0) is 43.2 Å². The maximum Gasteiger partial charge on any atom is 0.0502 e. The van der Waals surface area contributed by atoms with Gasteiger partial charge in [-0.1, -0.05) is 30.3 Å². The molecule has 2 heteroatoms. The maximum absolute atomic E-state index is 3.62. The lowest BCUT2D eigenvalue weighted by atomic mass is 10.0. The molecule has 0 saturated heterocycles. The molecule has 0 spiro atoms. The molecule has 3 aromatic carbocycles. The van der Waals surface area contributed by atoms with Crippen LogP contribution in [0.4, 0.5) is 0 Å². The molecule has 0 aliphatic carbocycles. The summed E-state index contributed by atoms with van der Waals surface area (Å²) in [5.41, 5.74) is 7.72. The van der Waals surface area contributed by atoms with Gasteiger partial charge in [-0.25, -0.2) is 0 Å². The van der Waals surface area contributed by atoms with Crippen LogP contribution in [-0.4, -0.2) is 9.55 Å². The van der Waals surface area contributed by atoms with Crippen molar-refractivity contribution in [3.63, 3.8) is 0 Å². The van der Waals surface area contributed by atoms with E-state index in [1.54, 1.807) is 0 Å². The topological polar surface area (TPSA) is 20.7 Å². The average molecular weight is 298 g/mol. The van der Waals surface area contributed by atoms with Crippen LogP contribution in [0.5, 0.6) is 0 Å². The Labute approximate surface area is 134 Å². The normalized spacial score (nSPS) is 12.1. The van der Waals surface area contributed by atoms with Gasteiger partial charge < -0.3 is 9.55 Å². The van der Waals surface area contributed by atoms with E-state index in [0.717, 1.165) is 0 Å². The first kappa shape index (κ1) is 12.8. The fourth-order valence-corrected chi connectivity index (χ4v) is 4.08. The minimum atomic E-state index is 1.21. The van der Waals surface area contributed by atoms with Crippen molar-refractivity contribution in [1.29, 1.82) is 0 Å². The summed E-state index contributed by atoms with van der Waals surface area (Å²) < 4.78 is 2.33. The average Bonchev–Trinajstić information content (AvgIpc) is 3.06. The van der Waals surface area contributed by atoms with Crippen LogP contribution in [-0.2, 0) is 7.05 Å². The van der Waals surface area contributed by atoms with E-state index in [-0.39, 0.29) is 0 Å². The number of hydrogen-bond acceptors (Lipinski definition) is 0. The number of fused-ring (bicyclic) bond motifs is 7. The van der Waals surface area contributed by atoms with E-state index in [1.165, 1.54) is 54.7 Å². The van der Waals surface area contributed by atoms with E-state index in [1.807, 2.05) is 0 Å². The molecule has 5 aromatic rings. The third-order valence-electron chi connectivity index (χ3n) is 5.18. The summed E-state index contributed by atoms with van der Waals surface area (Å²) in [6.45, 7) is 4.41. The van der Waals surface area contributed by atoms with Crippen molar-refractivity contribution in [2.75, 3.05) is 0 Å². The van der Waals surface area contributed by atoms with E-state index >= 15 is 0 Å². The first-order valence-corrected chi connectivity index (χ1v) is 8.04. The number of para-hydroxylation sites is 1. The SMILES string of the molecule is Cc1cc2c(c3c(C)cccc3n2C)c2c1[nH]c1ccccc12. The van der Waals surface area contributed by atoms with Crippen LogP contribution in [0.25, 0.3) is 43.6 Å². The first-order chi connectivity index (χ1) is 11.2. The van der Waals surface area contributed by atoms with Gasteiger partial charge in [0.05, 0.1) is 5.52 Å². The van der Waals surface area contributed by atoms with Gasteiger partial charge in [-0.15, -0.1) is 0 Å². The molecule has 0 unspecified atom stereocenters. The summed E-state index contributed by atoms with van der Waals surface area (Å²) in [5.74, 6) is 0. The van der Waals surface area contributed by atoms with Crippen molar-refractivity contribution in [2.45, 2.75) is 13.8 Å². The van der Waals surface area contributed by atoms with Crippen molar-refractivity contribution < 1.29 is 0 Å². The van der Waals surface area contributed by atoms with Gasteiger partial charge in [0.1, 0.15) is 0 Å². The highest BCUT2D eigenvalue weighted by Gasteiger charge is 2.17. The van der Waals surface area contributed by atoms with Crippen LogP contribution < -0.4 is 0 Å². The first-order valence-electron chi connectivity index (χ1n) is 8.04. The highest BCUT2D eigenvalue weighted by atomic mass is 14.9. The zero-order chi connectivity index (χ0) is 15.7. The minimum Gasteiger partial charge on any atom is -0.354 e. The monoisotopic (exact) mass is 298 g/mol. The van der Waals surface area contributed by atoms with E-state index in [0.29, 0.717) is 0 Å². The zero-order valence-electron chi connectivity index (χ0n) is 13.6. The molecular weight excluding hydrogens is 280 g/mol. The fourth-order valence-electron chi connectivity index (χ4n) is 4.08. The Balaban J connectivity index is 2.24. The number of benzene rings is 3. The molecule has 0 saturated carbocycles. The van der Waals surface area contributed by atoms with Crippen LogP contribution in [0.3, 0.4) is 0 Å². The summed E-state index contributed by atoms with van der Waals surface area (Å²) in [6.07, 6.45) is 0. The lowest BCUT2D eigenvalue weighted by Gasteiger charge is -2.02. The largest absolute Gasteiger partial charge is 0.354 e. The van der Waals surface area contributed by atoms with Crippen LogP contribution in [0, 0.1) is 13.8 Å². The molecule has 0 amide bonds. The Morgan fingerprint density at radius 3 is 2.48 bits per heavy atom. The second-order valence-corrected chi connectivity index (χ2v) is 6.54. The van der Waals surface area contributed by atoms with Crippen LogP contribution in [0.1, 0.15) is 11.1 Å². The Bertz CT molecular complexity index is 1240.